The number of halogens is 2. The standard InChI is InChI=1S/C13H17Cl2N/c1-2-16-9-13(5-6-13)8-10-3-4-11(14)7-12(10)15/h3-4,7,16H,2,5-6,8-9H2,1H3. The van der Waals surface area contributed by atoms with Crippen LogP contribution in [0.3, 0.4) is 0 Å². The summed E-state index contributed by atoms with van der Waals surface area (Å²) in [7, 11) is 0. The minimum atomic E-state index is 0.452. The van der Waals surface area contributed by atoms with Gasteiger partial charge >= 0.3 is 0 Å². The molecular weight excluding hydrogens is 241 g/mol. The molecule has 0 spiro atoms. The molecule has 88 valence electrons. The van der Waals surface area contributed by atoms with E-state index in [0.29, 0.717) is 10.4 Å². The van der Waals surface area contributed by atoms with Gasteiger partial charge in [-0.05, 0) is 48.9 Å². The van der Waals surface area contributed by atoms with Gasteiger partial charge in [0.25, 0.3) is 0 Å². The molecule has 1 aromatic carbocycles. The van der Waals surface area contributed by atoms with Crippen molar-refractivity contribution in [1.82, 2.24) is 5.32 Å². The highest BCUT2D eigenvalue weighted by Crippen LogP contribution is 2.48. The van der Waals surface area contributed by atoms with Crippen LogP contribution in [-0.4, -0.2) is 13.1 Å². The maximum absolute atomic E-state index is 6.19. The number of benzene rings is 1. The minimum Gasteiger partial charge on any atom is -0.316 e. The van der Waals surface area contributed by atoms with E-state index in [2.05, 4.69) is 18.3 Å². The molecule has 16 heavy (non-hydrogen) atoms. The van der Waals surface area contributed by atoms with Crippen molar-refractivity contribution < 1.29 is 0 Å². The van der Waals surface area contributed by atoms with Crippen LogP contribution in [0.2, 0.25) is 10.0 Å². The van der Waals surface area contributed by atoms with Crippen molar-refractivity contribution in [3.63, 3.8) is 0 Å². The van der Waals surface area contributed by atoms with Crippen LogP contribution in [0.1, 0.15) is 25.3 Å². The molecule has 0 aromatic heterocycles. The second kappa shape index (κ2) is 4.95. The van der Waals surface area contributed by atoms with E-state index >= 15 is 0 Å². The van der Waals surface area contributed by atoms with Crippen LogP contribution in [0.15, 0.2) is 18.2 Å². The lowest BCUT2D eigenvalue weighted by atomic mass is 9.96. The highest BCUT2D eigenvalue weighted by Gasteiger charge is 2.42. The summed E-state index contributed by atoms with van der Waals surface area (Å²) in [6, 6.07) is 5.81. The topological polar surface area (TPSA) is 12.0 Å². The summed E-state index contributed by atoms with van der Waals surface area (Å²) >= 11 is 12.1. The van der Waals surface area contributed by atoms with Gasteiger partial charge in [0.1, 0.15) is 0 Å². The van der Waals surface area contributed by atoms with Crippen molar-refractivity contribution >= 4 is 23.2 Å². The van der Waals surface area contributed by atoms with E-state index in [1.807, 2.05) is 12.1 Å². The number of rotatable bonds is 5. The minimum absolute atomic E-state index is 0.452. The first-order valence-electron chi connectivity index (χ1n) is 5.80. The van der Waals surface area contributed by atoms with Gasteiger partial charge in [-0.15, -0.1) is 0 Å². The van der Waals surface area contributed by atoms with E-state index in [-0.39, 0.29) is 0 Å². The SMILES string of the molecule is CCNCC1(Cc2ccc(Cl)cc2Cl)CC1. The van der Waals surface area contributed by atoms with E-state index in [0.717, 1.165) is 24.5 Å². The molecule has 1 nitrogen and oxygen atoms in total. The average Bonchev–Trinajstić information content (AvgIpc) is 3.00. The van der Waals surface area contributed by atoms with Gasteiger partial charge in [0, 0.05) is 16.6 Å². The molecule has 3 heteroatoms. The Morgan fingerprint density at radius 1 is 1.31 bits per heavy atom. The van der Waals surface area contributed by atoms with Crippen LogP contribution in [0.25, 0.3) is 0 Å². The van der Waals surface area contributed by atoms with Crippen LogP contribution in [-0.2, 0) is 6.42 Å². The third kappa shape index (κ3) is 2.91. The molecule has 0 bridgehead atoms. The van der Waals surface area contributed by atoms with Crippen molar-refractivity contribution in [2.24, 2.45) is 5.41 Å². The van der Waals surface area contributed by atoms with Crippen molar-refractivity contribution in [2.75, 3.05) is 13.1 Å². The van der Waals surface area contributed by atoms with Gasteiger partial charge in [0.05, 0.1) is 0 Å². The van der Waals surface area contributed by atoms with Gasteiger partial charge in [-0.25, -0.2) is 0 Å². The molecule has 0 heterocycles. The smallest absolute Gasteiger partial charge is 0.0453 e. The third-order valence-electron chi connectivity index (χ3n) is 3.29. The lowest BCUT2D eigenvalue weighted by Gasteiger charge is -2.16. The predicted molar refractivity (Wildman–Crippen MR) is 70.4 cm³/mol. The average molecular weight is 258 g/mol. The zero-order chi connectivity index (χ0) is 11.6. The molecule has 1 fully saturated rings. The van der Waals surface area contributed by atoms with E-state index in [9.17, 15) is 0 Å². The van der Waals surface area contributed by atoms with Gasteiger partial charge in [-0.1, -0.05) is 36.2 Å². The number of nitrogens with one attached hydrogen (secondary N) is 1. The molecule has 1 aliphatic carbocycles. The van der Waals surface area contributed by atoms with Gasteiger partial charge in [-0.2, -0.15) is 0 Å². The Hall–Kier alpha value is -0.240. The summed E-state index contributed by atoms with van der Waals surface area (Å²) in [6.45, 7) is 4.28. The Morgan fingerprint density at radius 2 is 2.06 bits per heavy atom. The Balaban J connectivity index is 2.03. The first kappa shape index (κ1) is 12.2. The first-order valence-corrected chi connectivity index (χ1v) is 6.55. The summed E-state index contributed by atoms with van der Waals surface area (Å²) in [6.07, 6.45) is 3.67. The van der Waals surface area contributed by atoms with Crippen LogP contribution in [0.4, 0.5) is 0 Å². The maximum atomic E-state index is 6.19. The molecule has 1 N–H and O–H groups in total. The van der Waals surface area contributed by atoms with Crippen molar-refractivity contribution in [3.05, 3.63) is 33.8 Å². The lowest BCUT2D eigenvalue weighted by Crippen LogP contribution is -2.25. The quantitative estimate of drug-likeness (QED) is 0.843. The highest BCUT2D eigenvalue weighted by molar-refractivity contribution is 6.35. The zero-order valence-electron chi connectivity index (χ0n) is 9.52. The van der Waals surface area contributed by atoms with Gasteiger partial charge in [0.15, 0.2) is 0 Å². The fraction of sp³-hybridized carbons (Fsp3) is 0.538. The Morgan fingerprint density at radius 3 is 2.62 bits per heavy atom. The van der Waals surface area contributed by atoms with Crippen molar-refractivity contribution in [1.29, 1.82) is 0 Å². The molecular formula is C13H17Cl2N. The second-order valence-corrected chi connectivity index (χ2v) is 5.54. The Bertz CT molecular complexity index is 372. The molecule has 0 saturated heterocycles. The van der Waals surface area contributed by atoms with Gasteiger partial charge in [-0.3, -0.25) is 0 Å². The molecule has 0 amide bonds. The number of hydrogen-bond acceptors (Lipinski definition) is 1. The Labute approximate surface area is 107 Å². The molecule has 1 aromatic rings. The summed E-state index contributed by atoms with van der Waals surface area (Å²) < 4.78 is 0. The second-order valence-electron chi connectivity index (χ2n) is 4.69. The normalized spacial score (nSPS) is 17.4. The molecule has 0 unspecified atom stereocenters. The van der Waals surface area contributed by atoms with Crippen molar-refractivity contribution in [3.8, 4) is 0 Å². The molecule has 1 aliphatic rings. The van der Waals surface area contributed by atoms with Gasteiger partial charge in [0.2, 0.25) is 0 Å². The first-order chi connectivity index (χ1) is 7.65. The largest absolute Gasteiger partial charge is 0.316 e. The Kier molecular flexibility index (Phi) is 3.78. The van der Waals surface area contributed by atoms with E-state index in [1.165, 1.54) is 18.4 Å². The molecule has 2 rings (SSSR count). The predicted octanol–water partition coefficient (Wildman–Crippen LogP) is 3.93. The summed E-state index contributed by atoms with van der Waals surface area (Å²) in [5, 5.41) is 4.95. The summed E-state index contributed by atoms with van der Waals surface area (Å²) in [5.74, 6) is 0. The fourth-order valence-corrected chi connectivity index (χ4v) is 2.53. The lowest BCUT2D eigenvalue weighted by molar-refractivity contribution is 0.463. The van der Waals surface area contributed by atoms with Crippen LogP contribution < -0.4 is 5.32 Å². The molecule has 0 atom stereocenters. The van der Waals surface area contributed by atoms with Crippen LogP contribution in [0.5, 0.6) is 0 Å². The van der Waals surface area contributed by atoms with Crippen LogP contribution in [0, 0.1) is 5.41 Å². The fourth-order valence-electron chi connectivity index (χ4n) is 2.05. The zero-order valence-corrected chi connectivity index (χ0v) is 11.0. The third-order valence-corrected chi connectivity index (χ3v) is 3.87. The van der Waals surface area contributed by atoms with Crippen molar-refractivity contribution in [2.45, 2.75) is 26.2 Å². The van der Waals surface area contributed by atoms with E-state index in [1.54, 1.807) is 0 Å². The molecule has 1 saturated carbocycles. The van der Waals surface area contributed by atoms with E-state index < -0.39 is 0 Å². The maximum Gasteiger partial charge on any atom is 0.0453 e. The summed E-state index contributed by atoms with van der Waals surface area (Å²) in [5.41, 5.74) is 1.68. The monoisotopic (exact) mass is 257 g/mol. The highest BCUT2D eigenvalue weighted by atomic mass is 35.5. The van der Waals surface area contributed by atoms with E-state index in [4.69, 9.17) is 23.2 Å². The van der Waals surface area contributed by atoms with Crippen LogP contribution >= 0.6 is 23.2 Å². The number of hydrogen-bond donors (Lipinski definition) is 1. The van der Waals surface area contributed by atoms with Gasteiger partial charge < -0.3 is 5.32 Å². The summed E-state index contributed by atoms with van der Waals surface area (Å²) in [4.78, 5) is 0. The molecule has 0 aliphatic heterocycles. The molecule has 0 radical (unpaired) electrons.